The molecule has 100 valence electrons. The van der Waals surface area contributed by atoms with Crippen LogP contribution in [0.15, 0.2) is 18.3 Å². The molecule has 0 amide bonds. The standard InChI is InChI=1S/C13H16N4O2/c1-3-9-6-10(4-2)17(16-9)12-11(14)5-8(7-15-12)13(18)19/h5-7H,3-4,14H2,1-2H3,(H,18,19). The van der Waals surface area contributed by atoms with Crippen LogP contribution in [-0.4, -0.2) is 25.8 Å². The van der Waals surface area contributed by atoms with Crippen LogP contribution in [0.2, 0.25) is 0 Å². The van der Waals surface area contributed by atoms with Gasteiger partial charge >= 0.3 is 5.97 Å². The van der Waals surface area contributed by atoms with E-state index in [1.165, 1.54) is 12.3 Å². The molecule has 0 spiro atoms. The molecule has 6 heteroatoms. The summed E-state index contributed by atoms with van der Waals surface area (Å²) < 4.78 is 1.68. The highest BCUT2D eigenvalue weighted by Gasteiger charge is 2.13. The van der Waals surface area contributed by atoms with Gasteiger partial charge in [0.25, 0.3) is 0 Å². The predicted molar refractivity (Wildman–Crippen MR) is 71.5 cm³/mol. The summed E-state index contributed by atoms with van der Waals surface area (Å²) in [6.07, 6.45) is 2.92. The number of aromatic carboxylic acids is 1. The lowest BCUT2D eigenvalue weighted by atomic mass is 10.2. The van der Waals surface area contributed by atoms with Crippen molar-refractivity contribution < 1.29 is 9.90 Å². The number of carbonyl (C=O) groups is 1. The highest BCUT2D eigenvalue weighted by molar-refractivity contribution is 5.88. The van der Waals surface area contributed by atoms with Gasteiger partial charge < -0.3 is 10.8 Å². The highest BCUT2D eigenvalue weighted by Crippen LogP contribution is 2.19. The fourth-order valence-electron chi connectivity index (χ4n) is 1.85. The first-order valence-electron chi connectivity index (χ1n) is 6.13. The summed E-state index contributed by atoms with van der Waals surface area (Å²) >= 11 is 0. The van der Waals surface area contributed by atoms with Crippen LogP contribution >= 0.6 is 0 Å². The largest absolute Gasteiger partial charge is 0.478 e. The zero-order valence-electron chi connectivity index (χ0n) is 10.9. The third-order valence-corrected chi connectivity index (χ3v) is 2.90. The number of anilines is 1. The van der Waals surface area contributed by atoms with E-state index in [2.05, 4.69) is 10.1 Å². The summed E-state index contributed by atoms with van der Waals surface area (Å²) in [7, 11) is 0. The number of hydrogen-bond acceptors (Lipinski definition) is 4. The zero-order valence-corrected chi connectivity index (χ0v) is 10.9. The second-order valence-electron chi connectivity index (χ2n) is 4.19. The maximum Gasteiger partial charge on any atom is 0.337 e. The number of nitrogens with zero attached hydrogens (tertiary/aromatic N) is 3. The van der Waals surface area contributed by atoms with E-state index in [4.69, 9.17) is 10.8 Å². The Morgan fingerprint density at radius 2 is 2.11 bits per heavy atom. The molecule has 0 aliphatic rings. The number of hydrogen-bond donors (Lipinski definition) is 2. The Morgan fingerprint density at radius 1 is 1.37 bits per heavy atom. The Hall–Kier alpha value is -2.37. The van der Waals surface area contributed by atoms with Gasteiger partial charge in [-0.15, -0.1) is 0 Å². The number of carboxylic acid groups (broad SMARTS) is 1. The van der Waals surface area contributed by atoms with E-state index in [0.29, 0.717) is 11.5 Å². The molecule has 0 radical (unpaired) electrons. The normalized spacial score (nSPS) is 10.6. The Balaban J connectivity index is 2.52. The molecule has 2 heterocycles. The van der Waals surface area contributed by atoms with Gasteiger partial charge in [0, 0.05) is 11.9 Å². The SMILES string of the molecule is CCc1cc(CC)n(-c2ncc(C(=O)O)cc2N)n1. The fraction of sp³-hybridized carbons (Fsp3) is 0.308. The van der Waals surface area contributed by atoms with E-state index in [9.17, 15) is 4.79 Å². The van der Waals surface area contributed by atoms with Crippen molar-refractivity contribution in [2.45, 2.75) is 26.7 Å². The first-order valence-corrected chi connectivity index (χ1v) is 6.13. The maximum absolute atomic E-state index is 10.9. The molecule has 0 unspecified atom stereocenters. The molecule has 0 saturated heterocycles. The van der Waals surface area contributed by atoms with Crippen LogP contribution in [0.3, 0.4) is 0 Å². The third-order valence-electron chi connectivity index (χ3n) is 2.90. The van der Waals surface area contributed by atoms with Gasteiger partial charge in [-0.05, 0) is 25.0 Å². The summed E-state index contributed by atoms with van der Waals surface area (Å²) in [5.41, 5.74) is 8.21. The average Bonchev–Trinajstić information content (AvgIpc) is 2.81. The first kappa shape index (κ1) is 13.1. The molecular formula is C13H16N4O2. The van der Waals surface area contributed by atoms with Gasteiger partial charge in [-0.2, -0.15) is 5.10 Å². The maximum atomic E-state index is 10.9. The second kappa shape index (κ2) is 5.09. The van der Waals surface area contributed by atoms with Crippen molar-refractivity contribution >= 4 is 11.7 Å². The van der Waals surface area contributed by atoms with E-state index < -0.39 is 5.97 Å². The molecule has 19 heavy (non-hydrogen) atoms. The highest BCUT2D eigenvalue weighted by atomic mass is 16.4. The number of rotatable bonds is 4. The molecule has 6 nitrogen and oxygen atoms in total. The Labute approximate surface area is 110 Å². The molecule has 2 rings (SSSR count). The fourth-order valence-corrected chi connectivity index (χ4v) is 1.85. The van der Waals surface area contributed by atoms with Gasteiger partial charge in [0.1, 0.15) is 0 Å². The number of aryl methyl sites for hydroxylation is 2. The van der Waals surface area contributed by atoms with Crippen LogP contribution in [0, 0.1) is 0 Å². The van der Waals surface area contributed by atoms with Crippen LogP contribution in [0.25, 0.3) is 5.82 Å². The number of aromatic nitrogens is 3. The minimum atomic E-state index is -1.05. The smallest absolute Gasteiger partial charge is 0.337 e. The van der Waals surface area contributed by atoms with Crippen LogP contribution in [-0.2, 0) is 12.8 Å². The van der Waals surface area contributed by atoms with E-state index in [0.717, 1.165) is 24.2 Å². The number of nitrogen functional groups attached to an aromatic ring is 1. The quantitative estimate of drug-likeness (QED) is 0.872. The Kier molecular flexibility index (Phi) is 3.50. The summed E-state index contributed by atoms with van der Waals surface area (Å²) in [6, 6.07) is 3.41. The van der Waals surface area contributed by atoms with Crippen molar-refractivity contribution in [2.75, 3.05) is 5.73 Å². The summed E-state index contributed by atoms with van der Waals surface area (Å²) in [6.45, 7) is 4.05. The lowest BCUT2D eigenvalue weighted by Gasteiger charge is -2.08. The average molecular weight is 260 g/mol. The van der Waals surface area contributed by atoms with Crippen molar-refractivity contribution in [2.24, 2.45) is 0 Å². The minimum absolute atomic E-state index is 0.0715. The summed E-state index contributed by atoms with van der Waals surface area (Å²) in [4.78, 5) is 15.0. The molecule has 2 aromatic heterocycles. The van der Waals surface area contributed by atoms with Crippen molar-refractivity contribution in [1.82, 2.24) is 14.8 Å². The first-order chi connectivity index (χ1) is 9.06. The van der Waals surface area contributed by atoms with E-state index in [1.54, 1.807) is 4.68 Å². The van der Waals surface area contributed by atoms with Gasteiger partial charge in [-0.3, -0.25) is 0 Å². The van der Waals surface area contributed by atoms with E-state index >= 15 is 0 Å². The van der Waals surface area contributed by atoms with Crippen LogP contribution in [0.1, 0.15) is 35.6 Å². The molecule has 0 saturated carbocycles. The monoisotopic (exact) mass is 260 g/mol. The molecule has 0 aliphatic carbocycles. The third kappa shape index (κ3) is 2.42. The van der Waals surface area contributed by atoms with Gasteiger partial charge in [0.15, 0.2) is 5.82 Å². The molecular weight excluding hydrogens is 244 g/mol. The van der Waals surface area contributed by atoms with E-state index in [-0.39, 0.29) is 5.56 Å². The van der Waals surface area contributed by atoms with Gasteiger partial charge in [-0.1, -0.05) is 13.8 Å². The summed E-state index contributed by atoms with van der Waals surface area (Å²) in [5, 5.41) is 13.3. The zero-order chi connectivity index (χ0) is 14.0. The van der Waals surface area contributed by atoms with E-state index in [1.807, 2.05) is 19.9 Å². The summed E-state index contributed by atoms with van der Waals surface area (Å²) in [5.74, 6) is -0.572. The van der Waals surface area contributed by atoms with Crippen LogP contribution in [0.4, 0.5) is 5.69 Å². The molecule has 3 N–H and O–H groups in total. The van der Waals surface area contributed by atoms with Gasteiger partial charge in [0.2, 0.25) is 0 Å². The Morgan fingerprint density at radius 3 is 2.63 bits per heavy atom. The number of nitrogens with two attached hydrogens (primary N) is 1. The molecule has 0 bridgehead atoms. The Bertz CT molecular complexity index is 619. The van der Waals surface area contributed by atoms with Crippen molar-refractivity contribution in [3.8, 4) is 5.82 Å². The molecule has 0 fully saturated rings. The van der Waals surface area contributed by atoms with Crippen LogP contribution < -0.4 is 5.73 Å². The van der Waals surface area contributed by atoms with Gasteiger partial charge in [-0.25, -0.2) is 14.5 Å². The number of carboxylic acids is 1. The minimum Gasteiger partial charge on any atom is -0.478 e. The van der Waals surface area contributed by atoms with Crippen molar-refractivity contribution in [1.29, 1.82) is 0 Å². The topological polar surface area (TPSA) is 94.0 Å². The molecule has 0 atom stereocenters. The van der Waals surface area contributed by atoms with Crippen molar-refractivity contribution in [3.63, 3.8) is 0 Å². The van der Waals surface area contributed by atoms with Crippen molar-refractivity contribution in [3.05, 3.63) is 35.3 Å². The molecule has 2 aromatic rings. The van der Waals surface area contributed by atoms with Gasteiger partial charge in [0.05, 0.1) is 16.9 Å². The van der Waals surface area contributed by atoms with Crippen LogP contribution in [0.5, 0.6) is 0 Å². The lowest BCUT2D eigenvalue weighted by molar-refractivity contribution is 0.0696. The predicted octanol–water partition coefficient (Wildman–Crippen LogP) is 1.67. The molecule has 0 aliphatic heterocycles. The molecule has 0 aromatic carbocycles. The second-order valence-corrected chi connectivity index (χ2v) is 4.19. The lowest BCUT2D eigenvalue weighted by Crippen LogP contribution is -2.09. The number of pyridine rings is 1.